The van der Waals surface area contributed by atoms with Crippen LogP contribution in [0.4, 0.5) is 4.79 Å². The molecule has 0 fully saturated rings. The summed E-state index contributed by atoms with van der Waals surface area (Å²) in [6.07, 6.45) is 2.57. The van der Waals surface area contributed by atoms with E-state index < -0.39 is 20.0 Å². The van der Waals surface area contributed by atoms with Crippen molar-refractivity contribution in [3.8, 4) is 0 Å². The fraction of sp³-hybridized carbons (Fsp3) is 0.389. The van der Waals surface area contributed by atoms with Crippen LogP contribution in [0.3, 0.4) is 0 Å². The standard InChI is InChI=1S/C18H24N3O4Si/c1-4-7-13(20-15(22)10-11-26(2,3)18(19)24)16(23)17-21-12-8-5-6-9-14(12)25-17/h5-6,8-10,13H,4,7,11H2,1-3H3,(H2,19,24)(H,20,22)/t13-/m1/s1. The number of hydrogen-bond donors (Lipinski definition) is 2. The summed E-state index contributed by atoms with van der Waals surface area (Å²) in [7, 11) is -2.32. The molecule has 0 aliphatic heterocycles. The molecule has 0 aliphatic carbocycles. The van der Waals surface area contributed by atoms with Crippen LogP contribution in [-0.4, -0.2) is 36.3 Å². The number of rotatable bonds is 9. The van der Waals surface area contributed by atoms with Crippen LogP contribution in [0.1, 0.15) is 30.5 Å². The van der Waals surface area contributed by atoms with E-state index >= 15 is 0 Å². The molecule has 0 saturated carbocycles. The summed E-state index contributed by atoms with van der Waals surface area (Å²) >= 11 is 0. The third-order valence-corrected chi connectivity index (χ3v) is 6.74. The number of hydrogen-bond acceptors (Lipinski definition) is 5. The van der Waals surface area contributed by atoms with Gasteiger partial charge in [-0.15, -0.1) is 0 Å². The molecule has 26 heavy (non-hydrogen) atoms. The molecule has 2 rings (SSSR count). The summed E-state index contributed by atoms with van der Waals surface area (Å²) in [6.45, 7) is 5.52. The average Bonchev–Trinajstić information content (AvgIpc) is 3.03. The number of ketones is 1. The maximum atomic E-state index is 12.7. The number of amides is 2. The lowest BCUT2D eigenvalue weighted by Crippen LogP contribution is -2.45. The van der Waals surface area contributed by atoms with Gasteiger partial charge in [0, 0.05) is 6.42 Å². The molecule has 1 aromatic carbocycles. The minimum Gasteiger partial charge on any atom is -0.434 e. The number of benzene rings is 1. The largest absolute Gasteiger partial charge is 0.434 e. The number of aromatic nitrogens is 1. The number of fused-ring (bicyclic) bond motifs is 1. The SMILES string of the molecule is CCC[C@@H](NC(=O)[CH]C[Si](C)(C)C(N)=O)C(=O)c1nc2ccccc2o1. The Morgan fingerprint density at radius 1 is 1.31 bits per heavy atom. The number of primary amides is 1. The molecule has 0 unspecified atom stereocenters. The van der Waals surface area contributed by atoms with Crippen LogP contribution >= 0.6 is 0 Å². The van der Waals surface area contributed by atoms with Crippen LogP contribution in [0.2, 0.25) is 19.1 Å². The zero-order chi connectivity index (χ0) is 19.3. The molecule has 7 nitrogen and oxygen atoms in total. The van der Waals surface area contributed by atoms with E-state index in [4.69, 9.17) is 10.2 Å². The van der Waals surface area contributed by atoms with Crippen molar-refractivity contribution < 1.29 is 18.8 Å². The number of nitrogens with two attached hydrogens (primary N) is 1. The van der Waals surface area contributed by atoms with Crippen molar-refractivity contribution in [1.29, 1.82) is 0 Å². The molecule has 139 valence electrons. The third-order valence-electron chi connectivity index (χ3n) is 4.18. The molecule has 0 spiro atoms. The van der Waals surface area contributed by atoms with Gasteiger partial charge in [-0.3, -0.25) is 14.4 Å². The number of Topliss-reactive ketones (excluding diaryl/α,β-unsaturated/α-hetero) is 1. The van der Waals surface area contributed by atoms with Gasteiger partial charge in [0.25, 0.3) is 5.89 Å². The molecule has 1 radical (unpaired) electrons. The molecule has 0 saturated heterocycles. The highest BCUT2D eigenvalue weighted by Gasteiger charge is 2.30. The second kappa shape index (κ2) is 8.26. The number of nitrogens with zero attached hydrogens (tertiary/aromatic N) is 1. The number of nitrogens with one attached hydrogen (secondary N) is 1. The topological polar surface area (TPSA) is 115 Å². The van der Waals surface area contributed by atoms with Crippen LogP contribution in [0, 0.1) is 6.42 Å². The minimum absolute atomic E-state index is 0.0169. The van der Waals surface area contributed by atoms with Gasteiger partial charge in [-0.1, -0.05) is 38.6 Å². The molecular weight excluding hydrogens is 350 g/mol. The fourth-order valence-electron chi connectivity index (χ4n) is 2.36. The van der Waals surface area contributed by atoms with Crippen molar-refractivity contribution >= 4 is 36.4 Å². The Hall–Kier alpha value is -2.48. The van der Waals surface area contributed by atoms with Gasteiger partial charge in [0.15, 0.2) is 19.2 Å². The first-order valence-electron chi connectivity index (χ1n) is 8.58. The monoisotopic (exact) mass is 374 g/mol. The molecule has 1 heterocycles. The smallest absolute Gasteiger partial charge is 0.266 e. The lowest BCUT2D eigenvalue weighted by atomic mass is 10.1. The first-order chi connectivity index (χ1) is 12.2. The third kappa shape index (κ3) is 4.78. The van der Waals surface area contributed by atoms with Crippen molar-refractivity contribution in [1.82, 2.24) is 10.3 Å². The maximum Gasteiger partial charge on any atom is 0.266 e. The van der Waals surface area contributed by atoms with Crippen molar-refractivity contribution in [3.05, 3.63) is 36.6 Å². The normalized spacial score (nSPS) is 12.7. The van der Waals surface area contributed by atoms with E-state index in [9.17, 15) is 14.4 Å². The van der Waals surface area contributed by atoms with E-state index in [0.717, 1.165) is 0 Å². The van der Waals surface area contributed by atoms with Gasteiger partial charge in [-0.05, 0) is 24.6 Å². The van der Waals surface area contributed by atoms with Gasteiger partial charge in [0.2, 0.25) is 11.7 Å². The first kappa shape index (κ1) is 19.8. The van der Waals surface area contributed by atoms with Gasteiger partial charge in [0.1, 0.15) is 5.52 Å². The van der Waals surface area contributed by atoms with E-state index in [1.807, 2.05) is 13.0 Å². The lowest BCUT2D eigenvalue weighted by Gasteiger charge is -2.19. The van der Waals surface area contributed by atoms with Crippen molar-refractivity contribution in [3.63, 3.8) is 0 Å². The molecule has 0 bridgehead atoms. The van der Waals surface area contributed by atoms with E-state index in [2.05, 4.69) is 10.3 Å². The van der Waals surface area contributed by atoms with Crippen LogP contribution in [0.25, 0.3) is 11.1 Å². The molecule has 2 aromatic rings. The van der Waals surface area contributed by atoms with E-state index in [-0.39, 0.29) is 17.2 Å². The summed E-state index contributed by atoms with van der Waals surface area (Å²) in [5.74, 6) is -0.775. The van der Waals surface area contributed by atoms with Crippen LogP contribution in [0.5, 0.6) is 0 Å². The van der Waals surface area contributed by atoms with E-state index in [1.54, 1.807) is 31.3 Å². The lowest BCUT2D eigenvalue weighted by molar-refractivity contribution is -0.118. The van der Waals surface area contributed by atoms with Gasteiger partial charge >= 0.3 is 0 Å². The Morgan fingerprint density at radius 3 is 2.62 bits per heavy atom. The quantitative estimate of drug-likeness (QED) is 0.517. The Morgan fingerprint density at radius 2 is 2.00 bits per heavy atom. The van der Waals surface area contributed by atoms with Crippen molar-refractivity contribution in [2.45, 2.75) is 44.9 Å². The summed E-state index contributed by atoms with van der Waals surface area (Å²) in [4.78, 5) is 40.5. The zero-order valence-electron chi connectivity index (χ0n) is 15.2. The predicted octanol–water partition coefficient (Wildman–Crippen LogP) is 2.87. The minimum atomic E-state index is -2.32. The summed E-state index contributed by atoms with van der Waals surface area (Å²) < 4.78 is 5.51. The van der Waals surface area contributed by atoms with Gasteiger partial charge in [-0.25, -0.2) is 4.98 Å². The molecule has 2 amide bonds. The molecule has 8 heteroatoms. The predicted molar refractivity (Wildman–Crippen MR) is 101 cm³/mol. The Balaban J connectivity index is 2.06. The Bertz CT molecular complexity index is 783. The number of oxazole rings is 1. The van der Waals surface area contributed by atoms with Gasteiger partial charge < -0.3 is 15.5 Å². The highest BCUT2D eigenvalue weighted by molar-refractivity contribution is 7.04. The molecule has 1 aromatic heterocycles. The number of para-hydroxylation sites is 2. The highest BCUT2D eigenvalue weighted by Crippen LogP contribution is 2.17. The van der Waals surface area contributed by atoms with E-state index in [0.29, 0.717) is 30.0 Å². The second-order valence-corrected chi connectivity index (χ2v) is 11.5. The molecule has 3 N–H and O–H groups in total. The first-order valence-corrected chi connectivity index (χ1v) is 11.8. The molecule has 1 atom stereocenters. The highest BCUT2D eigenvalue weighted by atomic mass is 28.3. The van der Waals surface area contributed by atoms with E-state index in [1.165, 1.54) is 6.42 Å². The summed E-state index contributed by atoms with van der Waals surface area (Å²) in [5, 5.41) is 2.70. The number of carbonyl (C=O) groups excluding carboxylic acids is 3. The Kier molecular flexibility index (Phi) is 6.31. The number of carbonyl (C=O) groups is 3. The van der Waals surface area contributed by atoms with Crippen LogP contribution < -0.4 is 11.1 Å². The summed E-state index contributed by atoms with van der Waals surface area (Å²) in [5.41, 5.74) is 6.13. The summed E-state index contributed by atoms with van der Waals surface area (Å²) in [6, 6.07) is 6.69. The van der Waals surface area contributed by atoms with Crippen LogP contribution in [-0.2, 0) is 4.79 Å². The van der Waals surface area contributed by atoms with Crippen LogP contribution in [0.15, 0.2) is 28.7 Å². The molecule has 0 aliphatic rings. The van der Waals surface area contributed by atoms with Gasteiger partial charge in [0.05, 0.1) is 6.04 Å². The fourth-order valence-corrected chi connectivity index (χ4v) is 3.26. The Labute approximate surface area is 153 Å². The maximum absolute atomic E-state index is 12.7. The average molecular weight is 374 g/mol. The van der Waals surface area contributed by atoms with Crippen molar-refractivity contribution in [2.75, 3.05) is 0 Å². The van der Waals surface area contributed by atoms with Crippen molar-refractivity contribution in [2.24, 2.45) is 5.73 Å². The van der Waals surface area contributed by atoms with Gasteiger partial charge in [-0.2, -0.15) is 0 Å². The second-order valence-electron chi connectivity index (χ2n) is 6.86. The zero-order valence-corrected chi connectivity index (χ0v) is 16.2. The molecular formula is C18H24N3O4Si.